The van der Waals surface area contributed by atoms with Gasteiger partial charge < -0.3 is 11.5 Å². The fourth-order valence-corrected chi connectivity index (χ4v) is 2.25. The van der Waals surface area contributed by atoms with E-state index in [4.69, 9.17) is 11.5 Å². The van der Waals surface area contributed by atoms with Crippen molar-refractivity contribution in [3.8, 4) is 0 Å². The maximum absolute atomic E-state index is 11.9. The number of Topliss-reactive ketones (excluding diaryl/α,β-unsaturated/α-hetero) is 1. The molecule has 0 aliphatic carbocycles. The second-order valence-electron chi connectivity index (χ2n) is 4.92. The number of nitrogen functional groups attached to an aromatic ring is 1. The Hall–Kier alpha value is -1.46. The number of pyridine rings is 1. The number of piperidine rings is 1. The minimum Gasteiger partial charge on any atom is -0.384 e. The molecular weight excluding hydrogens is 228 g/mol. The summed E-state index contributed by atoms with van der Waals surface area (Å²) in [6.07, 6.45) is 4.03. The van der Waals surface area contributed by atoms with Gasteiger partial charge in [-0.25, -0.2) is 4.98 Å². The predicted molar refractivity (Wildman–Crippen MR) is 71.0 cm³/mol. The second kappa shape index (κ2) is 5.93. The zero-order chi connectivity index (χ0) is 13.0. The largest absolute Gasteiger partial charge is 0.384 e. The van der Waals surface area contributed by atoms with Gasteiger partial charge in [-0.2, -0.15) is 0 Å². The van der Waals surface area contributed by atoms with E-state index in [1.807, 2.05) is 6.07 Å². The van der Waals surface area contributed by atoms with E-state index in [1.54, 1.807) is 12.3 Å². The summed E-state index contributed by atoms with van der Waals surface area (Å²) < 4.78 is 0. The van der Waals surface area contributed by atoms with Crippen molar-refractivity contribution in [2.24, 2.45) is 5.73 Å². The van der Waals surface area contributed by atoms with E-state index in [0.29, 0.717) is 24.8 Å². The molecule has 1 aliphatic rings. The van der Waals surface area contributed by atoms with E-state index < -0.39 is 0 Å². The lowest BCUT2D eigenvalue weighted by Gasteiger charge is -2.29. The Morgan fingerprint density at radius 3 is 2.83 bits per heavy atom. The number of hydrogen-bond acceptors (Lipinski definition) is 5. The van der Waals surface area contributed by atoms with Crippen LogP contribution in [0.25, 0.3) is 0 Å². The van der Waals surface area contributed by atoms with Gasteiger partial charge in [0.25, 0.3) is 0 Å². The van der Waals surface area contributed by atoms with Crippen LogP contribution >= 0.6 is 0 Å². The lowest BCUT2D eigenvalue weighted by Crippen LogP contribution is -2.42. The molecule has 2 rings (SSSR count). The molecule has 1 aliphatic heterocycles. The van der Waals surface area contributed by atoms with Gasteiger partial charge in [0.2, 0.25) is 0 Å². The summed E-state index contributed by atoms with van der Waals surface area (Å²) in [7, 11) is 0. The zero-order valence-corrected chi connectivity index (χ0v) is 10.5. The summed E-state index contributed by atoms with van der Waals surface area (Å²) in [6.45, 7) is 2.35. The molecule has 0 unspecified atom stereocenters. The van der Waals surface area contributed by atoms with Gasteiger partial charge in [0.15, 0.2) is 5.78 Å². The SMILES string of the molecule is Nc1cc(CC(=O)CN2CCC(N)CC2)ccn1. The van der Waals surface area contributed by atoms with Crippen LogP contribution in [-0.2, 0) is 11.2 Å². The van der Waals surface area contributed by atoms with E-state index in [9.17, 15) is 4.79 Å². The van der Waals surface area contributed by atoms with Gasteiger partial charge in [0.1, 0.15) is 5.82 Å². The zero-order valence-electron chi connectivity index (χ0n) is 10.5. The second-order valence-corrected chi connectivity index (χ2v) is 4.92. The lowest BCUT2D eigenvalue weighted by molar-refractivity contribution is -0.119. The van der Waals surface area contributed by atoms with Gasteiger partial charge in [-0.15, -0.1) is 0 Å². The van der Waals surface area contributed by atoms with Gasteiger partial charge >= 0.3 is 0 Å². The first-order chi connectivity index (χ1) is 8.63. The Morgan fingerprint density at radius 2 is 2.17 bits per heavy atom. The summed E-state index contributed by atoms with van der Waals surface area (Å²) in [4.78, 5) is 18.0. The molecule has 5 nitrogen and oxygen atoms in total. The van der Waals surface area contributed by atoms with Crippen molar-refractivity contribution in [2.45, 2.75) is 25.3 Å². The maximum Gasteiger partial charge on any atom is 0.151 e. The number of nitrogens with two attached hydrogens (primary N) is 2. The highest BCUT2D eigenvalue weighted by Gasteiger charge is 2.18. The molecule has 0 bridgehead atoms. The van der Waals surface area contributed by atoms with Crippen molar-refractivity contribution in [3.63, 3.8) is 0 Å². The number of hydrogen-bond donors (Lipinski definition) is 2. The van der Waals surface area contributed by atoms with Gasteiger partial charge in [-0.3, -0.25) is 9.69 Å². The number of nitrogens with zero attached hydrogens (tertiary/aromatic N) is 2. The number of ketones is 1. The summed E-state index contributed by atoms with van der Waals surface area (Å²) in [5.41, 5.74) is 12.4. The summed E-state index contributed by atoms with van der Waals surface area (Å²) in [6, 6.07) is 3.89. The minimum atomic E-state index is 0.219. The number of carbonyl (C=O) groups excluding carboxylic acids is 1. The Bertz CT molecular complexity index is 413. The van der Waals surface area contributed by atoms with Crippen molar-refractivity contribution in [1.82, 2.24) is 9.88 Å². The Kier molecular flexibility index (Phi) is 4.28. The standard InChI is InChI=1S/C13H20N4O/c14-11-2-5-17(6-3-11)9-12(18)7-10-1-4-16-13(15)8-10/h1,4,8,11H,2-3,5-7,9,14H2,(H2,15,16). The minimum absolute atomic E-state index is 0.219. The summed E-state index contributed by atoms with van der Waals surface area (Å²) >= 11 is 0. The molecule has 0 spiro atoms. The summed E-state index contributed by atoms with van der Waals surface area (Å²) in [5, 5.41) is 0. The first-order valence-electron chi connectivity index (χ1n) is 6.33. The molecule has 1 aromatic heterocycles. The fraction of sp³-hybridized carbons (Fsp3) is 0.538. The van der Waals surface area contributed by atoms with Crippen LogP contribution in [0.1, 0.15) is 18.4 Å². The van der Waals surface area contributed by atoms with Crippen LogP contribution < -0.4 is 11.5 Å². The van der Waals surface area contributed by atoms with E-state index in [1.165, 1.54) is 0 Å². The summed E-state index contributed by atoms with van der Waals surface area (Å²) in [5.74, 6) is 0.681. The Balaban J connectivity index is 1.82. The highest BCUT2D eigenvalue weighted by Crippen LogP contribution is 2.09. The molecule has 18 heavy (non-hydrogen) atoms. The van der Waals surface area contributed by atoms with Crippen LogP contribution in [0.2, 0.25) is 0 Å². The molecule has 0 amide bonds. The van der Waals surface area contributed by atoms with Crippen molar-refractivity contribution in [1.29, 1.82) is 0 Å². The van der Waals surface area contributed by atoms with Crippen LogP contribution in [-0.4, -0.2) is 41.3 Å². The normalized spacial score (nSPS) is 17.8. The van der Waals surface area contributed by atoms with E-state index >= 15 is 0 Å². The molecule has 4 N–H and O–H groups in total. The van der Waals surface area contributed by atoms with Crippen molar-refractivity contribution >= 4 is 11.6 Å². The average Bonchev–Trinajstić information content (AvgIpc) is 2.32. The Labute approximate surface area is 107 Å². The third kappa shape index (κ3) is 3.78. The van der Waals surface area contributed by atoms with E-state index in [0.717, 1.165) is 31.5 Å². The third-order valence-corrected chi connectivity index (χ3v) is 3.28. The van der Waals surface area contributed by atoms with Gasteiger partial charge in [0.05, 0.1) is 6.54 Å². The van der Waals surface area contributed by atoms with Crippen LogP contribution in [0.3, 0.4) is 0 Å². The number of carbonyl (C=O) groups is 1. The predicted octanol–water partition coefficient (Wildman–Crippen LogP) is 0.199. The third-order valence-electron chi connectivity index (χ3n) is 3.28. The smallest absolute Gasteiger partial charge is 0.151 e. The molecule has 0 radical (unpaired) electrons. The molecule has 98 valence electrons. The van der Waals surface area contributed by atoms with Crippen molar-refractivity contribution in [3.05, 3.63) is 23.9 Å². The molecular formula is C13H20N4O. The molecule has 1 aromatic rings. The average molecular weight is 248 g/mol. The highest BCUT2D eigenvalue weighted by atomic mass is 16.1. The van der Waals surface area contributed by atoms with Crippen LogP contribution in [0, 0.1) is 0 Å². The number of aromatic nitrogens is 1. The molecule has 1 saturated heterocycles. The first-order valence-corrected chi connectivity index (χ1v) is 6.33. The van der Waals surface area contributed by atoms with Gasteiger partial charge in [-0.05, 0) is 30.5 Å². The number of rotatable bonds is 4. The quantitative estimate of drug-likeness (QED) is 0.795. The molecule has 0 saturated carbocycles. The van der Waals surface area contributed by atoms with Crippen molar-refractivity contribution < 1.29 is 4.79 Å². The monoisotopic (exact) mass is 248 g/mol. The highest BCUT2D eigenvalue weighted by molar-refractivity contribution is 5.82. The topological polar surface area (TPSA) is 85.2 Å². The molecule has 0 aromatic carbocycles. The van der Waals surface area contributed by atoms with Crippen molar-refractivity contribution in [2.75, 3.05) is 25.4 Å². The number of anilines is 1. The Morgan fingerprint density at radius 1 is 1.44 bits per heavy atom. The van der Waals surface area contributed by atoms with E-state index in [-0.39, 0.29) is 5.78 Å². The van der Waals surface area contributed by atoms with Gasteiger partial charge in [0, 0.05) is 31.7 Å². The van der Waals surface area contributed by atoms with Crippen LogP contribution in [0.5, 0.6) is 0 Å². The molecule has 2 heterocycles. The van der Waals surface area contributed by atoms with E-state index in [2.05, 4.69) is 9.88 Å². The van der Waals surface area contributed by atoms with Gasteiger partial charge in [-0.1, -0.05) is 0 Å². The number of likely N-dealkylation sites (tertiary alicyclic amines) is 1. The first kappa shape index (κ1) is 13.0. The molecule has 1 fully saturated rings. The maximum atomic E-state index is 11.9. The fourth-order valence-electron chi connectivity index (χ4n) is 2.25. The lowest BCUT2D eigenvalue weighted by atomic mass is 10.0. The van der Waals surface area contributed by atoms with Crippen LogP contribution in [0.15, 0.2) is 18.3 Å². The van der Waals surface area contributed by atoms with Crippen LogP contribution in [0.4, 0.5) is 5.82 Å². The molecule has 5 heteroatoms. The molecule has 0 atom stereocenters.